The zero-order valence-electron chi connectivity index (χ0n) is 16.2. The number of halogens is 3. The topological polar surface area (TPSA) is 68.2 Å². The van der Waals surface area contributed by atoms with Crippen LogP contribution in [0.15, 0.2) is 53.6 Å². The molecule has 0 saturated carbocycles. The van der Waals surface area contributed by atoms with Crippen molar-refractivity contribution in [3.63, 3.8) is 0 Å². The van der Waals surface area contributed by atoms with Crippen molar-refractivity contribution in [3.05, 3.63) is 59.7 Å². The minimum absolute atomic E-state index is 0.178. The van der Waals surface area contributed by atoms with E-state index < -0.39 is 18.4 Å². The molecule has 0 bridgehead atoms. The van der Waals surface area contributed by atoms with Crippen LogP contribution in [0.2, 0.25) is 0 Å². The van der Waals surface area contributed by atoms with Crippen molar-refractivity contribution in [1.29, 1.82) is 0 Å². The number of hydrazone groups is 1. The van der Waals surface area contributed by atoms with Crippen molar-refractivity contribution in [2.75, 3.05) is 11.6 Å². The van der Waals surface area contributed by atoms with E-state index in [2.05, 4.69) is 9.84 Å². The number of carbonyl (C=O) groups is 2. The third-order valence-corrected chi connectivity index (χ3v) is 4.59. The molecule has 0 spiro atoms. The Morgan fingerprint density at radius 2 is 1.77 bits per heavy atom. The maximum Gasteiger partial charge on any atom is 0.573 e. The minimum Gasteiger partial charge on any atom is -0.464 e. The number of aldehydes is 1. The van der Waals surface area contributed by atoms with E-state index in [4.69, 9.17) is 4.74 Å². The van der Waals surface area contributed by atoms with Gasteiger partial charge in [0.1, 0.15) is 12.0 Å². The summed E-state index contributed by atoms with van der Waals surface area (Å²) in [6.07, 6.45) is -4.07. The molecule has 0 aromatic heterocycles. The van der Waals surface area contributed by atoms with E-state index in [-0.39, 0.29) is 18.3 Å². The summed E-state index contributed by atoms with van der Waals surface area (Å²) in [6, 6.07) is 11.0. The van der Waals surface area contributed by atoms with Gasteiger partial charge >= 0.3 is 12.3 Å². The smallest absolute Gasteiger partial charge is 0.464 e. The fourth-order valence-corrected chi connectivity index (χ4v) is 3.23. The molecule has 3 rings (SSSR count). The van der Waals surface area contributed by atoms with Gasteiger partial charge in [-0.25, -0.2) is 4.79 Å². The number of ether oxygens (including phenoxy) is 2. The number of rotatable bonds is 6. The van der Waals surface area contributed by atoms with Crippen LogP contribution in [0.3, 0.4) is 0 Å². The van der Waals surface area contributed by atoms with E-state index in [0.29, 0.717) is 17.0 Å². The van der Waals surface area contributed by atoms with E-state index in [0.717, 1.165) is 24.0 Å². The summed E-state index contributed by atoms with van der Waals surface area (Å²) in [5.74, 6) is -1.24. The lowest BCUT2D eigenvalue weighted by Gasteiger charge is -2.24. The number of esters is 1. The normalized spacial score (nSPS) is 18.7. The first-order valence-corrected chi connectivity index (χ1v) is 9.19. The standard InChI is InChI=1S/C21H19F3N2O4/c1-3-29-20(28)19-13(2)18(15-6-4-14(12-27)5-7-15)25-26(19)16-8-10-17(11-9-16)30-21(22,23)24/h4-13,19H,3H2,1-2H3. The molecule has 0 saturated heterocycles. The Bertz CT molecular complexity index is 940. The van der Waals surface area contributed by atoms with Crippen LogP contribution < -0.4 is 9.75 Å². The highest BCUT2D eigenvalue weighted by Gasteiger charge is 2.41. The molecule has 30 heavy (non-hydrogen) atoms. The van der Waals surface area contributed by atoms with Crippen molar-refractivity contribution in [2.24, 2.45) is 11.0 Å². The molecule has 2 unspecified atom stereocenters. The predicted octanol–water partition coefficient (Wildman–Crippen LogP) is 4.19. The number of carbonyl (C=O) groups excluding carboxylic acids is 2. The zero-order valence-corrected chi connectivity index (χ0v) is 16.2. The summed E-state index contributed by atoms with van der Waals surface area (Å²) in [5.41, 5.74) is 2.24. The molecule has 1 heterocycles. The van der Waals surface area contributed by atoms with Crippen LogP contribution in [0, 0.1) is 5.92 Å². The number of anilines is 1. The molecule has 6 nitrogen and oxygen atoms in total. The fourth-order valence-electron chi connectivity index (χ4n) is 3.23. The summed E-state index contributed by atoms with van der Waals surface area (Å²) < 4.78 is 46.3. The van der Waals surface area contributed by atoms with Gasteiger partial charge in [-0.3, -0.25) is 9.80 Å². The molecular weight excluding hydrogens is 401 g/mol. The highest BCUT2D eigenvalue weighted by molar-refractivity contribution is 6.08. The molecule has 0 amide bonds. The molecule has 0 fully saturated rings. The molecule has 2 atom stereocenters. The van der Waals surface area contributed by atoms with Gasteiger partial charge in [0.15, 0.2) is 6.04 Å². The fraction of sp³-hybridized carbons (Fsp3) is 0.286. The Labute approximate surface area is 170 Å². The number of nitrogens with zero attached hydrogens (tertiary/aromatic N) is 2. The summed E-state index contributed by atoms with van der Waals surface area (Å²) in [7, 11) is 0. The largest absolute Gasteiger partial charge is 0.573 e. The minimum atomic E-state index is -4.80. The van der Waals surface area contributed by atoms with Crippen LogP contribution >= 0.6 is 0 Å². The van der Waals surface area contributed by atoms with E-state index in [1.165, 1.54) is 17.1 Å². The summed E-state index contributed by atoms with van der Waals surface area (Å²) in [5, 5.41) is 5.99. The zero-order chi connectivity index (χ0) is 21.9. The molecule has 0 N–H and O–H groups in total. The molecule has 9 heteroatoms. The first kappa shape index (κ1) is 21.4. The Kier molecular flexibility index (Phi) is 6.09. The van der Waals surface area contributed by atoms with Crippen LogP contribution in [-0.2, 0) is 9.53 Å². The first-order valence-electron chi connectivity index (χ1n) is 9.19. The second-order valence-electron chi connectivity index (χ2n) is 6.60. The lowest BCUT2D eigenvalue weighted by atomic mass is 9.92. The summed E-state index contributed by atoms with van der Waals surface area (Å²) in [4.78, 5) is 23.5. The third-order valence-electron chi connectivity index (χ3n) is 4.59. The lowest BCUT2D eigenvalue weighted by Crippen LogP contribution is -2.40. The van der Waals surface area contributed by atoms with Gasteiger partial charge in [0.05, 0.1) is 18.0 Å². The second kappa shape index (κ2) is 8.56. The van der Waals surface area contributed by atoms with Gasteiger partial charge in [-0.2, -0.15) is 5.10 Å². The number of hydrogen-bond acceptors (Lipinski definition) is 6. The molecule has 2 aromatic rings. The number of alkyl halides is 3. The molecule has 1 aliphatic heterocycles. The third kappa shape index (κ3) is 4.61. The maximum atomic E-state index is 12.6. The Morgan fingerprint density at radius 3 is 2.30 bits per heavy atom. The van der Waals surface area contributed by atoms with Crippen LogP contribution in [0.1, 0.15) is 29.8 Å². The molecule has 158 valence electrons. The van der Waals surface area contributed by atoms with Gasteiger partial charge in [0.2, 0.25) is 0 Å². The van der Waals surface area contributed by atoms with Gasteiger partial charge in [-0.1, -0.05) is 31.2 Å². The second-order valence-corrected chi connectivity index (χ2v) is 6.60. The highest BCUT2D eigenvalue weighted by Crippen LogP contribution is 2.33. The highest BCUT2D eigenvalue weighted by atomic mass is 19.4. The van der Waals surface area contributed by atoms with Gasteiger partial charge in [-0.05, 0) is 36.8 Å². The van der Waals surface area contributed by atoms with Crippen LogP contribution in [0.5, 0.6) is 5.75 Å². The van der Waals surface area contributed by atoms with Gasteiger partial charge < -0.3 is 9.47 Å². The SMILES string of the molecule is CCOC(=O)C1C(C)C(c2ccc(C=O)cc2)=NN1c1ccc(OC(F)(F)F)cc1. The molecule has 0 radical (unpaired) electrons. The molecule has 1 aliphatic rings. The van der Waals surface area contributed by atoms with Gasteiger partial charge in [0.25, 0.3) is 0 Å². The van der Waals surface area contributed by atoms with Gasteiger partial charge in [0, 0.05) is 11.5 Å². The number of benzene rings is 2. The maximum absolute atomic E-state index is 12.6. The quantitative estimate of drug-likeness (QED) is 0.518. The van der Waals surface area contributed by atoms with Crippen molar-refractivity contribution >= 4 is 23.7 Å². The predicted molar refractivity (Wildman–Crippen MR) is 104 cm³/mol. The van der Waals surface area contributed by atoms with Crippen molar-refractivity contribution < 1.29 is 32.2 Å². The molecule has 0 aliphatic carbocycles. The van der Waals surface area contributed by atoms with E-state index in [1.54, 1.807) is 31.2 Å². The van der Waals surface area contributed by atoms with Crippen LogP contribution in [0.25, 0.3) is 0 Å². The molecular formula is C21H19F3N2O4. The Balaban J connectivity index is 1.96. The van der Waals surface area contributed by atoms with E-state index >= 15 is 0 Å². The lowest BCUT2D eigenvalue weighted by molar-refractivity contribution is -0.274. The van der Waals surface area contributed by atoms with Crippen LogP contribution in [0.4, 0.5) is 18.9 Å². The summed E-state index contributed by atoms with van der Waals surface area (Å²) in [6.45, 7) is 3.68. The van der Waals surface area contributed by atoms with Crippen molar-refractivity contribution in [2.45, 2.75) is 26.3 Å². The van der Waals surface area contributed by atoms with Crippen molar-refractivity contribution in [3.8, 4) is 5.75 Å². The Hall–Kier alpha value is -3.36. The average Bonchev–Trinajstić information content (AvgIpc) is 3.05. The average molecular weight is 420 g/mol. The van der Waals surface area contributed by atoms with E-state index in [1.807, 2.05) is 6.92 Å². The monoisotopic (exact) mass is 420 g/mol. The van der Waals surface area contributed by atoms with Crippen LogP contribution in [-0.4, -0.2) is 37.0 Å². The Morgan fingerprint density at radius 1 is 1.13 bits per heavy atom. The first-order chi connectivity index (χ1) is 14.2. The van der Waals surface area contributed by atoms with Gasteiger partial charge in [-0.15, -0.1) is 13.2 Å². The summed E-state index contributed by atoms with van der Waals surface area (Å²) >= 11 is 0. The van der Waals surface area contributed by atoms with Crippen molar-refractivity contribution in [1.82, 2.24) is 0 Å². The molecule has 2 aromatic carbocycles. The number of hydrogen-bond donors (Lipinski definition) is 0. The van der Waals surface area contributed by atoms with E-state index in [9.17, 15) is 22.8 Å².